The van der Waals surface area contributed by atoms with E-state index in [2.05, 4.69) is 52.6 Å². The molecule has 2 aromatic heterocycles. The van der Waals surface area contributed by atoms with Crippen molar-refractivity contribution in [2.45, 2.75) is 65.3 Å². The molecule has 7 heteroatoms. The molecule has 0 radical (unpaired) electrons. The van der Waals surface area contributed by atoms with Gasteiger partial charge in [-0.05, 0) is 64.3 Å². The lowest BCUT2D eigenvalue weighted by Gasteiger charge is -2.23. The molecular formula is C32H33N3O3S. The van der Waals surface area contributed by atoms with E-state index in [0.717, 1.165) is 26.9 Å². The van der Waals surface area contributed by atoms with Crippen LogP contribution in [0.3, 0.4) is 0 Å². The summed E-state index contributed by atoms with van der Waals surface area (Å²) in [6, 6.07) is 14.7. The number of hydrogen-bond acceptors (Lipinski definition) is 6. The van der Waals surface area contributed by atoms with Gasteiger partial charge in [0.2, 0.25) is 0 Å². The number of benzene rings is 2. The predicted octanol–water partition coefficient (Wildman–Crippen LogP) is 7.22. The molecule has 0 aliphatic carbocycles. The average molecular weight is 540 g/mol. The number of carbonyl (C=O) groups is 2. The third-order valence-electron chi connectivity index (χ3n) is 7.25. The number of carbonyl (C=O) groups excluding carboxylic acids is 2. The summed E-state index contributed by atoms with van der Waals surface area (Å²) in [7, 11) is 0. The van der Waals surface area contributed by atoms with Crippen LogP contribution in [0.15, 0.2) is 66.5 Å². The largest absolute Gasteiger partial charge is 0.507 e. The molecule has 1 fully saturated rings. The Morgan fingerprint density at radius 1 is 0.949 bits per heavy atom. The molecule has 0 bridgehead atoms. The van der Waals surface area contributed by atoms with E-state index in [1.165, 1.54) is 16.2 Å². The monoisotopic (exact) mass is 539 g/mol. The predicted molar refractivity (Wildman–Crippen MR) is 157 cm³/mol. The fourth-order valence-electron chi connectivity index (χ4n) is 4.85. The van der Waals surface area contributed by atoms with Crippen LogP contribution in [-0.2, 0) is 20.4 Å². The highest BCUT2D eigenvalue weighted by atomic mass is 32.1. The number of thiazole rings is 1. The molecule has 5 rings (SSSR count). The topological polar surface area (TPSA) is 83.4 Å². The molecule has 0 saturated carbocycles. The van der Waals surface area contributed by atoms with E-state index in [4.69, 9.17) is 4.98 Å². The van der Waals surface area contributed by atoms with Gasteiger partial charge in [0.05, 0.1) is 21.8 Å². The number of anilines is 1. The van der Waals surface area contributed by atoms with E-state index < -0.39 is 17.7 Å². The summed E-state index contributed by atoms with van der Waals surface area (Å²) in [6.07, 6.45) is 3.26. The molecule has 1 N–H and O–H groups in total. The lowest BCUT2D eigenvalue weighted by atomic mass is 9.84. The van der Waals surface area contributed by atoms with E-state index in [0.29, 0.717) is 16.3 Å². The minimum atomic E-state index is -0.862. The maximum Gasteiger partial charge on any atom is 0.301 e. The van der Waals surface area contributed by atoms with Crippen molar-refractivity contribution >= 4 is 44.1 Å². The maximum absolute atomic E-state index is 13.6. The fraction of sp³-hybridized carbons (Fsp3) is 0.312. The van der Waals surface area contributed by atoms with Crippen molar-refractivity contribution in [3.05, 3.63) is 94.3 Å². The molecule has 1 saturated heterocycles. The van der Waals surface area contributed by atoms with Crippen LogP contribution in [0.2, 0.25) is 0 Å². The van der Waals surface area contributed by atoms with E-state index in [1.807, 2.05) is 43.3 Å². The number of pyridine rings is 1. The van der Waals surface area contributed by atoms with Crippen LogP contribution >= 0.6 is 11.3 Å². The summed E-state index contributed by atoms with van der Waals surface area (Å²) in [5.74, 6) is -1.65. The molecule has 39 heavy (non-hydrogen) atoms. The molecule has 1 aliphatic rings. The van der Waals surface area contributed by atoms with E-state index in [9.17, 15) is 14.7 Å². The van der Waals surface area contributed by atoms with E-state index in [-0.39, 0.29) is 22.2 Å². The number of ketones is 1. The molecular weight excluding hydrogens is 506 g/mol. The minimum Gasteiger partial charge on any atom is -0.507 e. The minimum absolute atomic E-state index is 0.0387. The van der Waals surface area contributed by atoms with Crippen LogP contribution in [0.25, 0.3) is 16.0 Å². The number of Topliss-reactive ketones (excluding diaryl/α,β-unsaturated/α-hetero) is 1. The normalized spacial score (nSPS) is 17.8. The zero-order chi connectivity index (χ0) is 28.3. The molecule has 0 spiro atoms. The van der Waals surface area contributed by atoms with E-state index >= 15 is 0 Å². The summed E-state index contributed by atoms with van der Waals surface area (Å²) in [4.78, 5) is 37.7. The molecule has 3 heterocycles. The van der Waals surface area contributed by atoms with Crippen molar-refractivity contribution in [3.63, 3.8) is 0 Å². The van der Waals surface area contributed by atoms with Gasteiger partial charge in [-0.2, -0.15) is 0 Å². The van der Waals surface area contributed by atoms with Crippen LogP contribution in [0, 0.1) is 6.92 Å². The first-order valence-electron chi connectivity index (χ1n) is 13.0. The first-order valence-corrected chi connectivity index (χ1v) is 13.8. The molecule has 4 aromatic rings. The van der Waals surface area contributed by atoms with Crippen molar-refractivity contribution in [3.8, 4) is 0 Å². The van der Waals surface area contributed by atoms with E-state index in [1.54, 1.807) is 18.5 Å². The molecule has 200 valence electrons. The molecule has 6 nitrogen and oxygen atoms in total. The number of aliphatic hydroxyl groups is 1. The first kappa shape index (κ1) is 26.8. The third kappa shape index (κ3) is 4.76. The Kier molecular flexibility index (Phi) is 6.46. The summed E-state index contributed by atoms with van der Waals surface area (Å²) in [5, 5.41) is 12.1. The zero-order valence-electron chi connectivity index (χ0n) is 23.4. The Labute approximate surface area is 233 Å². The van der Waals surface area contributed by atoms with Crippen molar-refractivity contribution in [2.75, 3.05) is 4.90 Å². The number of rotatable bonds is 3. The smallest absolute Gasteiger partial charge is 0.301 e. The lowest BCUT2D eigenvalue weighted by Crippen LogP contribution is -2.29. The second-order valence-electron chi connectivity index (χ2n) is 12.2. The van der Waals surface area contributed by atoms with Gasteiger partial charge in [0.25, 0.3) is 5.78 Å². The van der Waals surface area contributed by atoms with Crippen molar-refractivity contribution in [1.29, 1.82) is 0 Å². The average Bonchev–Trinajstić information content (AvgIpc) is 3.41. The molecule has 1 aliphatic heterocycles. The number of fused-ring (bicyclic) bond motifs is 1. The maximum atomic E-state index is 13.6. The Morgan fingerprint density at radius 2 is 1.62 bits per heavy atom. The van der Waals surface area contributed by atoms with Crippen LogP contribution in [0.4, 0.5) is 5.13 Å². The third-order valence-corrected chi connectivity index (χ3v) is 8.27. The van der Waals surface area contributed by atoms with Crippen LogP contribution < -0.4 is 4.90 Å². The van der Waals surface area contributed by atoms with Gasteiger partial charge in [-0.15, -0.1) is 0 Å². The summed E-state index contributed by atoms with van der Waals surface area (Å²) < 4.78 is 0.929. The van der Waals surface area contributed by atoms with Gasteiger partial charge in [-0.25, -0.2) is 4.98 Å². The molecule has 2 aromatic carbocycles. The van der Waals surface area contributed by atoms with Crippen LogP contribution in [0.5, 0.6) is 0 Å². The van der Waals surface area contributed by atoms with Crippen molar-refractivity contribution in [2.24, 2.45) is 0 Å². The highest BCUT2D eigenvalue weighted by Crippen LogP contribution is 2.45. The van der Waals surface area contributed by atoms with Gasteiger partial charge in [0, 0.05) is 18.0 Å². The number of nitrogens with zero attached hydrogens (tertiary/aromatic N) is 3. The Morgan fingerprint density at radius 3 is 2.26 bits per heavy atom. The number of aryl methyl sites for hydroxylation is 1. The fourth-order valence-corrected chi connectivity index (χ4v) is 5.89. The van der Waals surface area contributed by atoms with Crippen LogP contribution in [0.1, 0.15) is 75.4 Å². The standard InChI is InChI=1S/C32H33N3O3S/c1-18-10-11-20(31(2,3)4)15-22(18)27(36)25-26(19-9-8-14-33-17-19)35(29(38)28(25)37)30-34-23-13-12-21(32(5,6)7)16-24(23)39-30/h8-17,26,36H,1-7H3/b27-25+. The molecule has 1 amide bonds. The number of aliphatic hydroxyl groups excluding tert-OH is 1. The quantitative estimate of drug-likeness (QED) is 0.169. The second-order valence-corrected chi connectivity index (χ2v) is 13.2. The SMILES string of the molecule is Cc1ccc(C(C)(C)C)cc1/C(O)=C1\C(=O)C(=O)N(c2nc3ccc(C(C)(C)C)cc3s2)C1c1cccnc1. The van der Waals surface area contributed by atoms with Gasteiger partial charge in [0.1, 0.15) is 5.76 Å². The van der Waals surface area contributed by atoms with Crippen molar-refractivity contribution < 1.29 is 14.7 Å². The van der Waals surface area contributed by atoms with Gasteiger partial charge < -0.3 is 5.11 Å². The Bertz CT molecular complexity index is 1640. The number of hydrogen-bond donors (Lipinski definition) is 1. The highest BCUT2D eigenvalue weighted by Gasteiger charge is 2.48. The summed E-state index contributed by atoms with van der Waals surface area (Å²) in [6.45, 7) is 14.6. The van der Waals surface area contributed by atoms with Crippen molar-refractivity contribution in [1.82, 2.24) is 9.97 Å². The lowest BCUT2D eigenvalue weighted by molar-refractivity contribution is -0.132. The molecule has 1 unspecified atom stereocenters. The van der Waals surface area contributed by atoms with Crippen LogP contribution in [-0.4, -0.2) is 26.8 Å². The number of aromatic nitrogens is 2. The van der Waals surface area contributed by atoms with Gasteiger partial charge in [0.15, 0.2) is 5.13 Å². The second kappa shape index (κ2) is 9.42. The summed E-state index contributed by atoms with van der Waals surface area (Å²) in [5.41, 5.74) is 4.73. The first-order chi connectivity index (χ1) is 18.3. The Balaban J connectivity index is 1.72. The van der Waals surface area contributed by atoms with Gasteiger partial charge in [-0.3, -0.25) is 19.5 Å². The highest BCUT2D eigenvalue weighted by molar-refractivity contribution is 7.22. The Hall–Kier alpha value is -3.84. The molecule has 1 atom stereocenters. The van der Waals surface area contributed by atoms with Gasteiger partial charge >= 0.3 is 5.91 Å². The number of amides is 1. The summed E-state index contributed by atoms with van der Waals surface area (Å²) >= 11 is 1.36. The zero-order valence-corrected chi connectivity index (χ0v) is 24.2. The van der Waals surface area contributed by atoms with Gasteiger partial charge in [-0.1, -0.05) is 77.1 Å².